The molecule has 1 saturated heterocycles. The Labute approximate surface area is 116 Å². The number of rotatable bonds is 3. The summed E-state index contributed by atoms with van der Waals surface area (Å²) in [5.74, 6) is 0. The molecule has 1 aromatic rings. The molecule has 0 amide bonds. The van der Waals surface area contributed by atoms with Gasteiger partial charge in [-0.05, 0) is 48.8 Å². The molecular formula is C17H25NO. The molecule has 2 nitrogen and oxygen atoms in total. The van der Waals surface area contributed by atoms with E-state index in [2.05, 4.69) is 36.9 Å². The third-order valence-corrected chi connectivity index (χ3v) is 5.60. The van der Waals surface area contributed by atoms with Gasteiger partial charge in [0.25, 0.3) is 0 Å². The second-order valence-electron chi connectivity index (χ2n) is 6.34. The fourth-order valence-corrected chi connectivity index (χ4v) is 3.96. The van der Waals surface area contributed by atoms with Crippen LogP contribution in [0.1, 0.15) is 50.3 Å². The zero-order valence-electron chi connectivity index (χ0n) is 12.1. The molecule has 0 saturated carbocycles. The first-order valence-electron chi connectivity index (χ1n) is 7.69. The zero-order valence-corrected chi connectivity index (χ0v) is 12.1. The molecule has 104 valence electrons. The van der Waals surface area contributed by atoms with E-state index in [0.29, 0.717) is 11.5 Å². The van der Waals surface area contributed by atoms with Crippen LogP contribution in [0.5, 0.6) is 0 Å². The summed E-state index contributed by atoms with van der Waals surface area (Å²) in [6.07, 6.45) is 4.53. The van der Waals surface area contributed by atoms with Crippen molar-refractivity contribution >= 4 is 0 Å². The first-order chi connectivity index (χ1) is 9.19. The molecule has 1 N–H and O–H groups in total. The highest BCUT2D eigenvalue weighted by Gasteiger charge is 2.42. The van der Waals surface area contributed by atoms with Crippen molar-refractivity contribution in [3.63, 3.8) is 0 Å². The molecule has 2 unspecified atom stereocenters. The van der Waals surface area contributed by atoms with Crippen molar-refractivity contribution in [1.29, 1.82) is 0 Å². The van der Waals surface area contributed by atoms with Gasteiger partial charge in [0.2, 0.25) is 0 Å². The van der Waals surface area contributed by atoms with Gasteiger partial charge in [-0.3, -0.25) is 4.90 Å². The lowest BCUT2D eigenvalue weighted by molar-refractivity contribution is 0.0663. The second kappa shape index (κ2) is 4.92. The third kappa shape index (κ3) is 2.11. The molecule has 2 aliphatic rings. The summed E-state index contributed by atoms with van der Waals surface area (Å²) in [5.41, 5.74) is 2.98. The maximum Gasteiger partial charge on any atom is 0.0951 e. The minimum Gasteiger partial charge on any atom is -0.387 e. The quantitative estimate of drug-likeness (QED) is 0.901. The van der Waals surface area contributed by atoms with Crippen molar-refractivity contribution in [3.8, 4) is 0 Å². The Morgan fingerprint density at radius 3 is 2.63 bits per heavy atom. The van der Waals surface area contributed by atoms with Gasteiger partial charge < -0.3 is 5.11 Å². The van der Waals surface area contributed by atoms with E-state index in [1.807, 2.05) is 6.07 Å². The van der Waals surface area contributed by atoms with E-state index in [1.165, 1.54) is 24.8 Å². The molecule has 0 radical (unpaired) electrons. The van der Waals surface area contributed by atoms with E-state index >= 15 is 0 Å². The fraction of sp³-hybridized carbons (Fsp3) is 0.647. The minimum absolute atomic E-state index is 0.291. The lowest BCUT2D eigenvalue weighted by Crippen LogP contribution is -2.38. The summed E-state index contributed by atoms with van der Waals surface area (Å²) in [4.78, 5) is 2.54. The Balaban J connectivity index is 1.76. The molecule has 3 rings (SSSR count). The van der Waals surface area contributed by atoms with Gasteiger partial charge in [0, 0.05) is 12.6 Å². The van der Waals surface area contributed by atoms with Crippen LogP contribution in [0, 0.1) is 5.41 Å². The number of likely N-dealkylation sites (tertiary alicyclic amines) is 1. The highest BCUT2D eigenvalue weighted by Crippen LogP contribution is 2.42. The number of aliphatic hydroxyl groups is 1. The van der Waals surface area contributed by atoms with Crippen LogP contribution < -0.4 is 0 Å². The van der Waals surface area contributed by atoms with E-state index < -0.39 is 0 Å². The predicted octanol–water partition coefficient (Wildman–Crippen LogP) is 3.16. The predicted molar refractivity (Wildman–Crippen MR) is 78.1 cm³/mol. The summed E-state index contributed by atoms with van der Waals surface area (Å²) in [6.45, 7) is 6.94. The standard InChI is InChI=1S/C17H25NO/c1-3-17(4-2)9-10-18(12-17)15-11-13-7-5-6-8-14(13)16(15)19/h5-8,15-16,19H,3-4,9-12H2,1-2H3. The van der Waals surface area contributed by atoms with Crippen LogP contribution in [0.2, 0.25) is 0 Å². The smallest absolute Gasteiger partial charge is 0.0951 e. The van der Waals surface area contributed by atoms with Gasteiger partial charge in [0.1, 0.15) is 0 Å². The zero-order chi connectivity index (χ0) is 13.5. The van der Waals surface area contributed by atoms with E-state index in [1.54, 1.807) is 0 Å². The molecule has 19 heavy (non-hydrogen) atoms. The Hall–Kier alpha value is -0.860. The number of aliphatic hydroxyl groups excluding tert-OH is 1. The molecule has 0 aromatic heterocycles. The molecule has 2 heteroatoms. The van der Waals surface area contributed by atoms with Crippen LogP contribution in [0.25, 0.3) is 0 Å². The molecule has 0 spiro atoms. The summed E-state index contributed by atoms with van der Waals surface area (Å²) >= 11 is 0. The van der Waals surface area contributed by atoms with Gasteiger partial charge >= 0.3 is 0 Å². The minimum atomic E-state index is -0.291. The van der Waals surface area contributed by atoms with Crippen molar-refractivity contribution in [2.75, 3.05) is 13.1 Å². The maximum absolute atomic E-state index is 10.6. The largest absolute Gasteiger partial charge is 0.387 e. The monoisotopic (exact) mass is 259 g/mol. The number of nitrogens with zero attached hydrogens (tertiary/aromatic N) is 1. The maximum atomic E-state index is 10.6. The van der Waals surface area contributed by atoms with Crippen molar-refractivity contribution in [2.45, 2.75) is 51.7 Å². The van der Waals surface area contributed by atoms with Crippen molar-refractivity contribution in [2.24, 2.45) is 5.41 Å². The van der Waals surface area contributed by atoms with E-state index in [9.17, 15) is 5.11 Å². The topological polar surface area (TPSA) is 23.5 Å². The van der Waals surface area contributed by atoms with Gasteiger partial charge in [-0.1, -0.05) is 38.1 Å². The van der Waals surface area contributed by atoms with Gasteiger partial charge in [-0.15, -0.1) is 0 Å². The lowest BCUT2D eigenvalue weighted by Gasteiger charge is -2.31. The number of fused-ring (bicyclic) bond motifs is 1. The van der Waals surface area contributed by atoms with E-state index in [0.717, 1.165) is 25.1 Å². The number of hydrogen-bond donors (Lipinski definition) is 1. The molecule has 1 aliphatic heterocycles. The van der Waals surface area contributed by atoms with Crippen LogP contribution in [0.15, 0.2) is 24.3 Å². The fourth-order valence-electron chi connectivity index (χ4n) is 3.96. The highest BCUT2D eigenvalue weighted by molar-refractivity contribution is 5.36. The number of hydrogen-bond acceptors (Lipinski definition) is 2. The Morgan fingerprint density at radius 2 is 2.00 bits per heavy atom. The van der Waals surface area contributed by atoms with Gasteiger partial charge in [0.05, 0.1) is 6.10 Å². The first kappa shape index (κ1) is 13.1. The molecule has 1 fully saturated rings. The Morgan fingerprint density at radius 1 is 1.26 bits per heavy atom. The highest BCUT2D eigenvalue weighted by atomic mass is 16.3. The molecular weight excluding hydrogens is 234 g/mol. The third-order valence-electron chi connectivity index (χ3n) is 5.60. The summed E-state index contributed by atoms with van der Waals surface area (Å²) in [6, 6.07) is 8.68. The van der Waals surface area contributed by atoms with Gasteiger partial charge in [0.15, 0.2) is 0 Å². The first-order valence-corrected chi connectivity index (χ1v) is 7.69. The lowest BCUT2D eigenvalue weighted by atomic mass is 9.82. The van der Waals surface area contributed by atoms with Gasteiger partial charge in [-0.2, -0.15) is 0 Å². The summed E-state index contributed by atoms with van der Waals surface area (Å²) < 4.78 is 0. The van der Waals surface area contributed by atoms with Gasteiger partial charge in [-0.25, -0.2) is 0 Å². The van der Waals surface area contributed by atoms with Crippen LogP contribution in [0.3, 0.4) is 0 Å². The molecule has 2 atom stereocenters. The van der Waals surface area contributed by atoms with E-state index in [-0.39, 0.29) is 6.10 Å². The van der Waals surface area contributed by atoms with Crippen molar-refractivity contribution in [3.05, 3.63) is 35.4 Å². The Kier molecular flexibility index (Phi) is 3.40. The normalized spacial score (nSPS) is 29.6. The van der Waals surface area contributed by atoms with Crippen LogP contribution in [0.4, 0.5) is 0 Å². The molecule has 1 aliphatic carbocycles. The Bertz CT molecular complexity index is 452. The van der Waals surface area contributed by atoms with Crippen LogP contribution in [-0.4, -0.2) is 29.1 Å². The second-order valence-corrected chi connectivity index (χ2v) is 6.34. The average molecular weight is 259 g/mol. The van der Waals surface area contributed by atoms with Crippen molar-refractivity contribution < 1.29 is 5.11 Å². The SMILES string of the molecule is CCC1(CC)CCN(C2Cc3ccccc3C2O)C1. The molecule has 0 bridgehead atoms. The molecule has 1 heterocycles. The average Bonchev–Trinajstić information content (AvgIpc) is 3.02. The van der Waals surface area contributed by atoms with Crippen LogP contribution >= 0.6 is 0 Å². The van der Waals surface area contributed by atoms with Crippen LogP contribution in [-0.2, 0) is 6.42 Å². The molecule has 1 aromatic carbocycles. The summed E-state index contributed by atoms with van der Waals surface area (Å²) in [5, 5.41) is 10.6. The van der Waals surface area contributed by atoms with Crippen molar-refractivity contribution in [1.82, 2.24) is 4.90 Å². The van der Waals surface area contributed by atoms with E-state index in [4.69, 9.17) is 0 Å². The summed E-state index contributed by atoms with van der Waals surface area (Å²) in [7, 11) is 0. The number of benzene rings is 1.